The average Bonchev–Trinajstić information content (AvgIpc) is 3.29. The zero-order valence-electron chi connectivity index (χ0n) is 32.9. The molecule has 0 radical (unpaired) electrons. The van der Waals surface area contributed by atoms with Gasteiger partial charge in [0, 0.05) is 70.8 Å². The molecule has 64 heavy (non-hydrogen) atoms. The highest BCUT2D eigenvalue weighted by Gasteiger charge is 2.19. The highest BCUT2D eigenvalue weighted by atomic mass is 35.5. The van der Waals surface area contributed by atoms with E-state index in [9.17, 15) is 40.5 Å². The minimum absolute atomic E-state index is 0.0306. The molecule has 0 saturated carbocycles. The zero-order valence-corrected chi connectivity index (χ0v) is 34.4. The Bertz CT molecular complexity index is 2680. The Balaban J connectivity index is 1.31. The van der Waals surface area contributed by atoms with Crippen molar-refractivity contribution in [3.63, 3.8) is 0 Å². The van der Waals surface area contributed by atoms with Crippen molar-refractivity contribution in [3.8, 4) is 22.6 Å². The molecular formula is C40H28Cl2N12O10. The summed E-state index contributed by atoms with van der Waals surface area (Å²) in [5.74, 6) is 0.324. The van der Waals surface area contributed by atoms with Crippen LogP contribution in [0.25, 0.3) is 11.1 Å². The number of hydrazone groups is 2. The van der Waals surface area contributed by atoms with Gasteiger partial charge < -0.3 is 9.47 Å². The Kier molecular flexibility index (Phi) is 14.1. The molecular weight excluding hydrogens is 879 g/mol. The van der Waals surface area contributed by atoms with Crippen molar-refractivity contribution in [1.29, 1.82) is 0 Å². The van der Waals surface area contributed by atoms with E-state index in [1.54, 1.807) is 12.1 Å². The molecule has 0 saturated heterocycles. The number of nitrogens with one attached hydrogen (secondary N) is 2. The zero-order chi connectivity index (χ0) is 45.9. The van der Waals surface area contributed by atoms with Gasteiger partial charge in [-0.2, -0.15) is 10.2 Å². The molecule has 0 bridgehead atoms. The summed E-state index contributed by atoms with van der Waals surface area (Å²) in [5.41, 5.74) is 7.36. The molecule has 0 aromatic heterocycles. The summed E-state index contributed by atoms with van der Waals surface area (Å²) in [6.45, 7) is 0. The largest absolute Gasteiger partial charge is 0.494 e. The number of hydrogen-bond donors (Lipinski definition) is 2. The van der Waals surface area contributed by atoms with E-state index in [4.69, 9.17) is 32.7 Å². The molecule has 24 heteroatoms. The number of nitrogens with zero attached hydrogens (tertiary/aromatic N) is 10. The van der Waals surface area contributed by atoms with Gasteiger partial charge in [-0.25, -0.2) is 0 Å². The fourth-order valence-electron chi connectivity index (χ4n) is 5.49. The molecule has 6 aromatic carbocycles. The number of nitro groups is 4. The van der Waals surface area contributed by atoms with E-state index in [1.165, 1.54) is 123 Å². The second-order valence-electron chi connectivity index (χ2n) is 12.7. The van der Waals surface area contributed by atoms with Gasteiger partial charge in [0.15, 0.2) is 0 Å². The lowest BCUT2D eigenvalue weighted by Gasteiger charge is -2.14. The monoisotopic (exact) mass is 906 g/mol. The van der Waals surface area contributed by atoms with Crippen molar-refractivity contribution >= 4 is 80.4 Å². The Morgan fingerprint density at radius 2 is 0.781 bits per heavy atom. The predicted octanol–water partition coefficient (Wildman–Crippen LogP) is 11.4. The standard InChI is InChI=1S/C40H28Cl2N12O10/c1-63-37-19-31(33(41)21-35(37)45-49-39(23-3-11-27(12-4-23)51(55)56)47-43-25-7-15-29(16-8-25)53(59)60)32-20-38(64-2)36(22-34(32)42)46-50-40(24-5-13-28(14-6-24)52(57)58)48-44-26-9-17-30(18-10-26)54(61)62/h3-22,43-44H,1-2H3/b47-39-,48-40+,49-45?,50-46?. The number of ether oxygens (including phenoxy) is 2. The molecule has 0 heterocycles. The molecule has 0 aliphatic carbocycles. The van der Waals surface area contributed by atoms with E-state index < -0.39 is 19.7 Å². The Hall–Kier alpha value is -8.76. The highest BCUT2D eigenvalue weighted by molar-refractivity contribution is 6.37. The van der Waals surface area contributed by atoms with Crippen LogP contribution in [0.5, 0.6) is 11.5 Å². The molecule has 0 unspecified atom stereocenters. The topological polar surface area (TPSA) is 289 Å². The molecule has 0 aliphatic rings. The third kappa shape index (κ3) is 10.9. The van der Waals surface area contributed by atoms with Crippen LogP contribution in [0.4, 0.5) is 45.5 Å². The van der Waals surface area contributed by atoms with Gasteiger partial charge in [-0.3, -0.25) is 51.3 Å². The van der Waals surface area contributed by atoms with Crippen LogP contribution >= 0.6 is 23.2 Å². The van der Waals surface area contributed by atoms with Crippen LogP contribution in [0.15, 0.2) is 152 Å². The second kappa shape index (κ2) is 20.2. The van der Waals surface area contributed by atoms with Gasteiger partial charge in [0.1, 0.15) is 22.9 Å². The van der Waals surface area contributed by atoms with Gasteiger partial charge in [0.05, 0.1) is 55.3 Å². The number of amidine groups is 2. The third-order valence-corrected chi connectivity index (χ3v) is 9.37. The van der Waals surface area contributed by atoms with Crippen molar-refractivity contribution in [3.05, 3.63) is 183 Å². The van der Waals surface area contributed by atoms with Crippen LogP contribution in [0.2, 0.25) is 10.0 Å². The van der Waals surface area contributed by atoms with Crippen LogP contribution in [0, 0.1) is 40.5 Å². The van der Waals surface area contributed by atoms with Gasteiger partial charge in [-0.05, 0) is 72.8 Å². The fourth-order valence-corrected chi connectivity index (χ4v) is 6.01. The first kappa shape index (κ1) is 44.8. The number of methoxy groups -OCH3 is 2. The first-order valence-corrected chi connectivity index (χ1v) is 18.7. The van der Waals surface area contributed by atoms with Crippen molar-refractivity contribution in [2.24, 2.45) is 30.7 Å². The lowest BCUT2D eigenvalue weighted by atomic mass is 10.0. The molecule has 0 aliphatic heterocycles. The molecule has 6 rings (SSSR count). The van der Waals surface area contributed by atoms with Crippen molar-refractivity contribution in [2.45, 2.75) is 0 Å². The first-order valence-electron chi connectivity index (χ1n) is 18.0. The van der Waals surface area contributed by atoms with E-state index in [0.717, 1.165) is 0 Å². The molecule has 0 atom stereocenters. The van der Waals surface area contributed by atoms with E-state index in [0.29, 0.717) is 33.6 Å². The van der Waals surface area contributed by atoms with Gasteiger partial charge >= 0.3 is 0 Å². The van der Waals surface area contributed by atoms with Crippen LogP contribution in [-0.2, 0) is 0 Å². The molecule has 6 aromatic rings. The molecule has 0 amide bonds. The van der Waals surface area contributed by atoms with Crippen molar-refractivity contribution in [2.75, 3.05) is 25.1 Å². The summed E-state index contributed by atoms with van der Waals surface area (Å²) in [7, 11) is 2.78. The lowest BCUT2D eigenvalue weighted by Crippen LogP contribution is -2.02. The minimum Gasteiger partial charge on any atom is -0.494 e. The van der Waals surface area contributed by atoms with E-state index in [-0.39, 0.29) is 67.3 Å². The SMILES string of the molecule is COc1cc(-c2cc(OC)c(N=N/C(=N/Nc3ccc([N+](=O)[O-])cc3)c3ccc([N+](=O)[O-])cc3)cc2Cl)c(Cl)cc1N=N/C(=N\Nc1ccc([N+](=O)[O-])cc1)c1ccc([N+](=O)[O-])cc1. The summed E-state index contributed by atoms with van der Waals surface area (Å²) in [6.07, 6.45) is 0. The summed E-state index contributed by atoms with van der Waals surface area (Å²) in [5, 5.41) is 70.8. The van der Waals surface area contributed by atoms with Crippen LogP contribution in [-0.4, -0.2) is 45.6 Å². The maximum atomic E-state index is 11.3. The van der Waals surface area contributed by atoms with Gasteiger partial charge in [-0.15, -0.1) is 20.5 Å². The maximum absolute atomic E-state index is 11.3. The van der Waals surface area contributed by atoms with E-state index in [1.807, 2.05) is 0 Å². The Morgan fingerprint density at radius 3 is 1.06 bits per heavy atom. The minimum atomic E-state index is -0.563. The van der Waals surface area contributed by atoms with Gasteiger partial charge in [-0.1, -0.05) is 23.2 Å². The van der Waals surface area contributed by atoms with Crippen molar-refractivity contribution < 1.29 is 29.2 Å². The van der Waals surface area contributed by atoms with Crippen molar-refractivity contribution in [1.82, 2.24) is 0 Å². The fraction of sp³-hybridized carbons (Fsp3) is 0.0500. The number of anilines is 2. The molecule has 2 N–H and O–H groups in total. The smallest absolute Gasteiger partial charge is 0.269 e. The number of benzene rings is 6. The molecule has 0 spiro atoms. The number of rotatable bonds is 15. The number of non-ortho nitro benzene ring substituents is 4. The van der Waals surface area contributed by atoms with Gasteiger partial charge in [0.25, 0.3) is 22.7 Å². The van der Waals surface area contributed by atoms with E-state index >= 15 is 0 Å². The normalized spacial score (nSPS) is 11.7. The summed E-state index contributed by atoms with van der Waals surface area (Å²) >= 11 is 13.6. The summed E-state index contributed by atoms with van der Waals surface area (Å²) in [4.78, 5) is 42.5. The van der Waals surface area contributed by atoms with Crippen LogP contribution < -0.4 is 20.3 Å². The highest BCUT2D eigenvalue weighted by Crippen LogP contribution is 2.45. The van der Waals surface area contributed by atoms with Crippen LogP contribution in [0.3, 0.4) is 0 Å². The number of halogens is 2. The Labute approximate surface area is 369 Å². The maximum Gasteiger partial charge on any atom is 0.269 e. The summed E-state index contributed by atoms with van der Waals surface area (Å²) < 4.78 is 11.3. The lowest BCUT2D eigenvalue weighted by molar-refractivity contribution is -0.385. The average molecular weight is 908 g/mol. The first-order chi connectivity index (χ1) is 30.7. The Morgan fingerprint density at radius 1 is 0.484 bits per heavy atom. The molecule has 22 nitrogen and oxygen atoms in total. The number of nitro benzene ring substituents is 4. The van der Waals surface area contributed by atoms with Crippen LogP contribution in [0.1, 0.15) is 11.1 Å². The van der Waals surface area contributed by atoms with E-state index in [2.05, 4.69) is 41.5 Å². The van der Waals surface area contributed by atoms with Gasteiger partial charge in [0.2, 0.25) is 11.7 Å². The molecule has 0 fully saturated rings. The molecule has 322 valence electrons. The number of hydrogen-bond acceptors (Lipinski definition) is 16. The third-order valence-electron chi connectivity index (χ3n) is 8.74. The predicted molar refractivity (Wildman–Crippen MR) is 237 cm³/mol. The number of azo groups is 2. The second-order valence-corrected chi connectivity index (χ2v) is 13.5. The quantitative estimate of drug-likeness (QED) is 0.0320. The summed E-state index contributed by atoms with van der Waals surface area (Å²) in [6, 6.07) is 27.6.